The Bertz CT molecular complexity index is 431. The lowest BCUT2D eigenvalue weighted by molar-refractivity contribution is 0.0999. The molecule has 0 saturated carbocycles. The van der Waals surface area contributed by atoms with Gasteiger partial charge in [0.1, 0.15) is 5.82 Å². The third-order valence-corrected chi connectivity index (χ3v) is 3.72. The van der Waals surface area contributed by atoms with E-state index in [0.717, 1.165) is 31.2 Å². The Morgan fingerprint density at radius 1 is 1.10 bits per heavy atom. The van der Waals surface area contributed by atoms with Crippen LogP contribution in [-0.2, 0) is 0 Å². The minimum absolute atomic E-state index is 0.273. The second-order valence-corrected chi connectivity index (χ2v) is 5.47. The molecular weight excluding hydrogens is 253 g/mol. The normalized spacial score (nSPS) is 12.3. The fourth-order valence-electron chi connectivity index (χ4n) is 2.63. The van der Waals surface area contributed by atoms with E-state index >= 15 is 0 Å². The van der Waals surface area contributed by atoms with Crippen LogP contribution in [0.15, 0.2) is 18.2 Å². The van der Waals surface area contributed by atoms with Crippen LogP contribution in [0.2, 0.25) is 0 Å². The summed E-state index contributed by atoms with van der Waals surface area (Å²) < 4.78 is 13.6. The van der Waals surface area contributed by atoms with Crippen molar-refractivity contribution >= 4 is 5.91 Å². The lowest BCUT2D eigenvalue weighted by Crippen LogP contribution is -2.12. The first-order valence-corrected chi connectivity index (χ1v) is 7.68. The van der Waals surface area contributed by atoms with Crippen LogP contribution < -0.4 is 5.73 Å². The van der Waals surface area contributed by atoms with E-state index in [2.05, 4.69) is 13.8 Å². The van der Waals surface area contributed by atoms with Crippen molar-refractivity contribution in [3.63, 3.8) is 0 Å². The first-order chi connectivity index (χ1) is 9.58. The predicted molar refractivity (Wildman–Crippen MR) is 81.3 cm³/mol. The van der Waals surface area contributed by atoms with Crippen molar-refractivity contribution < 1.29 is 9.18 Å². The first-order valence-electron chi connectivity index (χ1n) is 7.68. The minimum atomic E-state index is -0.563. The molecule has 0 bridgehead atoms. The van der Waals surface area contributed by atoms with E-state index in [1.54, 1.807) is 12.1 Å². The molecule has 3 heteroatoms. The number of carbonyl (C=O) groups excluding carboxylic acids is 1. The molecule has 1 atom stereocenters. The van der Waals surface area contributed by atoms with Gasteiger partial charge in [-0.15, -0.1) is 0 Å². The van der Waals surface area contributed by atoms with Crippen LogP contribution >= 0.6 is 0 Å². The zero-order valence-electron chi connectivity index (χ0n) is 12.6. The number of hydrogen-bond donors (Lipinski definition) is 1. The molecule has 0 spiro atoms. The van der Waals surface area contributed by atoms with Crippen LogP contribution in [0.1, 0.15) is 80.6 Å². The van der Waals surface area contributed by atoms with Crippen molar-refractivity contribution in [1.82, 2.24) is 0 Å². The van der Waals surface area contributed by atoms with Gasteiger partial charge in [0.25, 0.3) is 0 Å². The van der Waals surface area contributed by atoms with Crippen LogP contribution in [-0.4, -0.2) is 5.91 Å². The van der Waals surface area contributed by atoms with Crippen molar-refractivity contribution in [2.24, 2.45) is 5.73 Å². The molecule has 1 aromatic carbocycles. The third kappa shape index (κ3) is 5.32. The van der Waals surface area contributed by atoms with Crippen LogP contribution in [0.3, 0.4) is 0 Å². The molecule has 0 heterocycles. The van der Waals surface area contributed by atoms with Crippen LogP contribution in [0.25, 0.3) is 0 Å². The molecule has 0 aliphatic carbocycles. The van der Waals surface area contributed by atoms with Gasteiger partial charge in [-0.25, -0.2) is 4.39 Å². The van der Waals surface area contributed by atoms with Crippen LogP contribution in [0.4, 0.5) is 4.39 Å². The molecule has 0 aliphatic rings. The minimum Gasteiger partial charge on any atom is -0.366 e. The van der Waals surface area contributed by atoms with Crippen LogP contribution in [0, 0.1) is 5.82 Å². The van der Waals surface area contributed by atoms with Crippen molar-refractivity contribution in [3.05, 3.63) is 35.1 Å². The number of primary amides is 1. The highest BCUT2D eigenvalue weighted by Gasteiger charge is 2.14. The molecule has 2 nitrogen and oxygen atoms in total. The Hall–Kier alpha value is -1.38. The topological polar surface area (TPSA) is 43.1 Å². The Kier molecular flexibility index (Phi) is 7.27. The molecule has 0 aromatic heterocycles. The molecule has 0 fully saturated rings. The van der Waals surface area contributed by atoms with Gasteiger partial charge in [-0.3, -0.25) is 4.79 Å². The maximum absolute atomic E-state index is 13.6. The average molecular weight is 279 g/mol. The Balaban J connectivity index is 2.81. The maximum atomic E-state index is 13.6. The molecule has 112 valence electrons. The Morgan fingerprint density at radius 3 is 2.45 bits per heavy atom. The van der Waals surface area contributed by atoms with Crippen molar-refractivity contribution in [2.45, 2.75) is 64.7 Å². The smallest absolute Gasteiger partial charge is 0.248 e. The summed E-state index contributed by atoms with van der Waals surface area (Å²) in [5, 5.41) is 0. The van der Waals surface area contributed by atoms with Gasteiger partial charge in [0.15, 0.2) is 0 Å². The highest BCUT2D eigenvalue weighted by molar-refractivity contribution is 5.92. The summed E-state index contributed by atoms with van der Waals surface area (Å²) in [6, 6.07) is 4.52. The number of carbonyl (C=O) groups is 1. The van der Waals surface area contributed by atoms with Crippen molar-refractivity contribution in [2.75, 3.05) is 0 Å². The number of amides is 1. The summed E-state index contributed by atoms with van der Waals surface area (Å²) in [5.41, 5.74) is 6.45. The second kappa shape index (κ2) is 8.72. The van der Waals surface area contributed by atoms with Gasteiger partial charge in [0.05, 0.1) is 0 Å². The molecule has 0 saturated heterocycles. The van der Waals surface area contributed by atoms with Crippen molar-refractivity contribution in [1.29, 1.82) is 0 Å². The standard InChI is InChI=1S/C17H26FNO/c1-3-5-6-7-9-13(8-4-2)14-10-15(17(19)20)12-16(18)11-14/h10-13H,3-9H2,1-2H3,(H2,19,20). The van der Waals surface area contributed by atoms with E-state index in [9.17, 15) is 9.18 Å². The zero-order chi connectivity index (χ0) is 15.0. The van der Waals surface area contributed by atoms with E-state index in [0.29, 0.717) is 5.92 Å². The number of benzene rings is 1. The molecule has 1 unspecified atom stereocenters. The molecular formula is C17H26FNO. The molecule has 1 rings (SSSR count). The number of nitrogens with two attached hydrogens (primary N) is 1. The summed E-state index contributed by atoms with van der Waals surface area (Å²) in [5.74, 6) is -0.608. The van der Waals surface area contributed by atoms with Gasteiger partial charge in [-0.05, 0) is 42.5 Å². The largest absolute Gasteiger partial charge is 0.366 e. The molecule has 0 radical (unpaired) electrons. The molecule has 1 aromatic rings. The van der Waals surface area contributed by atoms with Gasteiger partial charge in [0.2, 0.25) is 5.91 Å². The fourth-order valence-corrected chi connectivity index (χ4v) is 2.63. The maximum Gasteiger partial charge on any atom is 0.248 e. The predicted octanol–water partition coefficient (Wildman–Crippen LogP) is 4.78. The number of halogens is 1. The van der Waals surface area contributed by atoms with Gasteiger partial charge < -0.3 is 5.73 Å². The summed E-state index contributed by atoms with van der Waals surface area (Å²) in [6.07, 6.45) is 7.96. The van der Waals surface area contributed by atoms with E-state index in [4.69, 9.17) is 5.73 Å². The lowest BCUT2D eigenvalue weighted by Gasteiger charge is -2.17. The van der Waals surface area contributed by atoms with E-state index in [-0.39, 0.29) is 11.4 Å². The average Bonchev–Trinajstić information content (AvgIpc) is 2.41. The SMILES string of the molecule is CCCCCCC(CCC)c1cc(F)cc(C(N)=O)c1. The van der Waals surface area contributed by atoms with Gasteiger partial charge in [0, 0.05) is 5.56 Å². The van der Waals surface area contributed by atoms with Crippen molar-refractivity contribution in [3.8, 4) is 0 Å². The second-order valence-electron chi connectivity index (χ2n) is 5.47. The highest BCUT2D eigenvalue weighted by Crippen LogP contribution is 2.28. The summed E-state index contributed by atoms with van der Waals surface area (Å²) in [7, 11) is 0. The van der Waals surface area contributed by atoms with Gasteiger partial charge >= 0.3 is 0 Å². The summed E-state index contributed by atoms with van der Waals surface area (Å²) >= 11 is 0. The number of unbranched alkanes of at least 4 members (excludes halogenated alkanes) is 3. The Morgan fingerprint density at radius 2 is 1.85 bits per heavy atom. The molecule has 1 amide bonds. The van der Waals surface area contributed by atoms with E-state index < -0.39 is 5.91 Å². The summed E-state index contributed by atoms with van der Waals surface area (Å²) in [6.45, 7) is 4.32. The fraction of sp³-hybridized carbons (Fsp3) is 0.588. The van der Waals surface area contributed by atoms with E-state index in [1.165, 1.54) is 25.3 Å². The molecule has 2 N–H and O–H groups in total. The highest BCUT2D eigenvalue weighted by atomic mass is 19.1. The zero-order valence-corrected chi connectivity index (χ0v) is 12.6. The molecule has 20 heavy (non-hydrogen) atoms. The Labute approximate surface area is 121 Å². The monoisotopic (exact) mass is 279 g/mol. The number of rotatable bonds is 9. The quantitative estimate of drug-likeness (QED) is 0.649. The molecule has 0 aliphatic heterocycles. The van der Waals surface area contributed by atoms with Gasteiger partial charge in [-0.1, -0.05) is 46.0 Å². The lowest BCUT2D eigenvalue weighted by atomic mass is 9.88. The first kappa shape index (κ1) is 16.7. The van der Waals surface area contributed by atoms with Gasteiger partial charge in [-0.2, -0.15) is 0 Å². The summed E-state index contributed by atoms with van der Waals surface area (Å²) in [4.78, 5) is 11.2. The van der Waals surface area contributed by atoms with E-state index in [1.807, 2.05) is 0 Å². The number of hydrogen-bond acceptors (Lipinski definition) is 1. The third-order valence-electron chi connectivity index (χ3n) is 3.72. The van der Waals surface area contributed by atoms with Crippen LogP contribution in [0.5, 0.6) is 0 Å².